The molecular weight excluding hydrogens is 358 g/mol. The zero-order valence-corrected chi connectivity index (χ0v) is 15.2. The van der Waals surface area contributed by atoms with Crippen LogP contribution in [0.1, 0.15) is 31.8 Å². The average molecular weight is 377 g/mol. The first kappa shape index (κ1) is 18.9. The number of primary amides is 1. The highest BCUT2D eigenvalue weighted by Gasteiger charge is 2.13. The van der Waals surface area contributed by atoms with Crippen molar-refractivity contribution in [2.75, 3.05) is 5.32 Å². The molecule has 3 aromatic rings. The Hall–Kier alpha value is -3.87. The number of amides is 2. The van der Waals surface area contributed by atoms with E-state index in [1.165, 1.54) is 36.5 Å². The van der Waals surface area contributed by atoms with Gasteiger partial charge in [0.2, 0.25) is 5.91 Å². The summed E-state index contributed by atoms with van der Waals surface area (Å²) in [6, 6.07) is 16.7. The van der Waals surface area contributed by atoms with E-state index < -0.39 is 17.4 Å². The maximum Gasteiger partial charge on any atom is 0.295 e. The van der Waals surface area contributed by atoms with Gasteiger partial charge in [0.1, 0.15) is 12.2 Å². The highest BCUT2D eigenvalue weighted by Crippen LogP contribution is 2.10. The fourth-order valence-corrected chi connectivity index (χ4v) is 2.58. The third-order valence-corrected chi connectivity index (χ3v) is 4.21. The molecule has 3 N–H and O–H groups in total. The maximum absolute atomic E-state index is 12.6. The third-order valence-electron chi connectivity index (χ3n) is 4.21. The number of anilines is 1. The van der Waals surface area contributed by atoms with E-state index in [1.54, 1.807) is 6.07 Å². The second-order valence-electron chi connectivity index (χ2n) is 6.15. The van der Waals surface area contributed by atoms with E-state index in [-0.39, 0.29) is 12.2 Å². The number of pyridine rings is 1. The zero-order valence-electron chi connectivity index (χ0n) is 15.2. The molecule has 0 fully saturated rings. The van der Waals surface area contributed by atoms with Crippen LogP contribution in [0.15, 0.2) is 71.7 Å². The summed E-state index contributed by atoms with van der Waals surface area (Å²) in [5, 5.41) is 2.62. The molecule has 0 atom stereocenters. The Morgan fingerprint density at radius 3 is 2.43 bits per heavy atom. The fourth-order valence-electron chi connectivity index (χ4n) is 2.58. The van der Waals surface area contributed by atoms with E-state index in [2.05, 4.69) is 5.32 Å². The minimum atomic E-state index is -0.578. The summed E-state index contributed by atoms with van der Waals surface area (Å²) >= 11 is 0. The van der Waals surface area contributed by atoms with Crippen LogP contribution in [0.4, 0.5) is 5.69 Å². The van der Waals surface area contributed by atoms with Crippen LogP contribution in [0.5, 0.6) is 0 Å². The number of hydrogen-bond acceptors (Lipinski definition) is 4. The molecule has 0 aliphatic carbocycles. The summed E-state index contributed by atoms with van der Waals surface area (Å²) in [6.07, 6.45) is 1.46. The van der Waals surface area contributed by atoms with Crippen molar-refractivity contribution < 1.29 is 14.4 Å². The number of aryl methyl sites for hydroxylation is 1. The highest BCUT2D eigenvalue weighted by atomic mass is 16.7. The van der Waals surface area contributed by atoms with Gasteiger partial charge in [0.25, 0.3) is 11.5 Å². The van der Waals surface area contributed by atoms with E-state index in [9.17, 15) is 14.4 Å². The smallest absolute Gasteiger partial charge is 0.295 e. The van der Waals surface area contributed by atoms with Crippen molar-refractivity contribution in [3.8, 4) is 0 Å². The van der Waals surface area contributed by atoms with E-state index >= 15 is 0 Å². The molecular formula is C21H19N3O4. The minimum Gasteiger partial charge on any atom is -0.406 e. The first-order valence-corrected chi connectivity index (χ1v) is 8.56. The second-order valence-corrected chi connectivity index (χ2v) is 6.15. The first-order chi connectivity index (χ1) is 13.5. The van der Waals surface area contributed by atoms with Crippen molar-refractivity contribution in [1.82, 2.24) is 4.73 Å². The molecule has 0 bridgehead atoms. The average Bonchev–Trinajstić information content (AvgIpc) is 2.68. The SMILES string of the molecule is Cc1ccccc1COn1cccc(C(=O)Nc2ccc(C(N)=O)cc2)c1=O. The number of rotatable bonds is 6. The molecule has 0 radical (unpaired) electrons. The van der Waals surface area contributed by atoms with E-state index in [0.29, 0.717) is 11.3 Å². The van der Waals surface area contributed by atoms with Crippen molar-refractivity contribution in [1.29, 1.82) is 0 Å². The third kappa shape index (κ3) is 4.27. The number of nitrogens with zero attached hydrogens (tertiary/aromatic N) is 1. The molecule has 7 nitrogen and oxygen atoms in total. The summed E-state index contributed by atoms with van der Waals surface area (Å²) in [4.78, 5) is 41.7. The van der Waals surface area contributed by atoms with Crippen LogP contribution in [-0.2, 0) is 6.61 Å². The monoisotopic (exact) mass is 377 g/mol. The van der Waals surface area contributed by atoms with Gasteiger partial charge >= 0.3 is 0 Å². The Morgan fingerprint density at radius 2 is 1.75 bits per heavy atom. The number of aromatic nitrogens is 1. The largest absolute Gasteiger partial charge is 0.406 e. The predicted molar refractivity (Wildman–Crippen MR) is 105 cm³/mol. The van der Waals surface area contributed by atoms with Crippen LogP contribution >= 0.6 is 0 Å². The van der Waals surface area contributed by atoms with E-state index in [1.807, 2.05) is 31.2 Å². The Labute approximate surface area is 161 Å². The van der Waals surface area contributed by atoms with Crippen LogP contribution in [-0.4, -0.2) is 16.5 Å². The van der Waals surface area contributed by atoms with Gasteiger partial charge in [-0.2, -0.15) is 4.73 Å². The zero-order chi connectivity index (χ0) is 20.1. The molecule has 0 spiro atoms. The van der Waals surface area contributed by atoms with Crippen LogP contribution in [0.3, 0.4) is 0 Å². The molecule has 1 aromatic heterocycles. The van der Waals surface area contributed by atoms with Crippen LogP contribution in [0.2, 0.25) is 0 Å². The molecule has 0 aliphatic heterocycles. The lowest BCUT2D eigenvalue weighted by Crippen LogP contribution is -2.32. The van der Waals surface area contributed by atoms with Gasteiger partial charge < -0.3 is 15.9 Å². The first-order valence-electron chi connectivity index (χ1n) is 8.56. The van der Waals surface area contributed by atoms with Crippen LogP contribution < -0.4 is 21.4 Å². The number of benzene rings is 2. The topological polar surface area (TPSA) is 103 Å². The van der Waals surface area contributed by atoms with Crippen molar-refractivity contribution in [3.63, 3.8) is 0 Å². The Balaban J connectivity index is 1.74. The van der Waals surface area contributed by atoms with E-state index in [4.69, 9.17) is 10.6 Å². The van der Waals surface area contributed by atoms with Crippen molar-refractivity contribution in [2.24, 2.45) is 5.73 Å². The maximum atomic E-state index is 12.6. The lowest BCUT2D eigenvalue weighted by atomic mass is 10.1. The molecule has 0 aliphatic rings. The standard InChI is InChI=1S/C21H19N3O4/c1-14-5-2-3-6-16(14)13-28-24-12-4-7-18(21(24)27)20(26)23-17-10-8-15(9-11-17)19(22)25/h2-12H,13H2,1H3,(H2,22,25)(H,23,26). The Bertz CT molecular complexity index is 1070. The quantitative estimate of drug-likeness (QED) is 0.687. The minimum absolute atomic E-state index is 0.0636. The van der Waals surface area contributed by atoms with Crippen molar-refractivity contribution >= 4 is 17.5 Å². The molecule has 7 heteroatoms. The molecule has 28 heavy (non-hydrogen) atoms. The molecule has 2 amide bonds. The molecule has 0 saturated heterocycles. The summed E-state index contributed by atoms with van der Waals surface area (Å²) in [5.41, 5.74) is 7.31. The lowest BCUT2D eigenvalue weighted by molar-refractivity contribution is 0.0861. The van der Waals surface area contributed by atoms with Crippen LogP contribution in [0.25, 0.3) is 0 Å². The summed E-state index contributed by atoms with van der Waals surface area (Å²) in [7, 11) is 0. The Kier molecular flexibility index (Phi) is 5.55. The van der Waals surface area contributed by atoms with Gasteiger partial charge in [-0.25, -0.2) is 0 Å². The molecule has 0 saturated carbocycles. The van der Waals surface area contributed by atoms with Gasteiger partial charge in [-0.15, -0.1) is 0 Å². The van der Waals surface area contributed by atoms with Gasteiger partial charge in [0.05, 0.1) is 0 Å². The van der Waals surface area contributed by atoms with Gasteiger partial charge in [-0.05, 0) is 54.4 Å². The highest BCUT2D eigenvalue weighted by molar-refractivity contribution is 6.04. The Morgan fingerprint density at radius 1 is 1.04 bits per heavy atom. The van der Waals surface area contributed by atoms with Gasteiger partial charge in [-0.3, -0.25) is 14.4 Å². The molecule has 2 aromatic carbocycles. The fraction of sp³-hybridized carbons (Fsp3) is 0.0952. The number of carbonyl (C=O) groups excluding carboxylic acids is 2. The van der Waals surface area contributed by atoms with Crippen molar-refractivity contribution in [2.45, 2.75) is 13.5 Å². The predicted octanol–water partition coefficient (Wildman–Crippen LogP) is 2.14. The normalized spacial score (nSPS) is 10.3. The molecule has 1 heterocycles. The van der Waals surface area contributed by atoms with Gasteiger partial charge in [0, 0.05) is 17.4 Å². The number of nitrogens with two attached hydrogens (primary N) is 1. The van der Waals surface area contributed by atoms with Crippen molar-refractivity contribution in [3.05, 3.63) is 99.5 Å². The van der Waals surface area contributed by atoms with Crippen LogP contribution in [0, 0.1) is 6.92 Å². The number of hydrogen-bond donors (Lipinski definition) is 2. The summed E-state index contributed by atoms with van der Waals surface area (Å²) in [6.45, 7) is 2.15. The second kappa shape index (κ2) is 8.22. The van der Waals surface area contributed by atoms with Gasteiger partial charge in [0.15, 0.2) is 0 Å². The molecule has 3 rings (SSSR count). The summed E-state index contributed by atoms with van der Waals surface area (Å²) in [5.74, 6) is -1.14. The lowest BCUT2D eigenvalue weighted by Gasteiger charge is -2.11. The number of nitrogens with one attached hydrogen (secondary N) is 1. The van der Waals surface area contributed by atoms with E-state index in [0.717, 1.165) is 15.9 Å². The molecule has 142 valence electrons. The summed E-state index contributed by atoms with van der Waals surface area (Å²) < 4.78 is 1.04. The molecule has 0 unspecified atom stereocenters. The number of carbonyl (C=O) groups is 2. The van der Waals surface area contributed by atoms with Gasteiger partial charge in [-0.1, -0.05) is 24.3 Å².